The molecule has 100 valence electrons. The number of carboxylic acid groups (broad SMARTS) is 1. The molecule has 4 heteroatoms. The molecule has 0 radical (unpaired) electrons. The van der Waals surface area contributed by atoms with E-state index in [4.69, 9.17) is 4.74 Å². The summed E-state index contributed by atoms with van der Waals surface area (Å²) in [5, 5.41) is 12.3. The van der Waals surface area contributed by atoms with Gasteiger partial charge in [0.05, 0.1) is 7.11 Å². The van der Waals surface area contributed by atoms with Crippen LogP contribution in [0.1, 0.15) is 26.7 Å². The standard InChI is InChI=1S/C14H21NO3/c1-4-6-10(2)13(14(16)17)15-11-7-5-8-12(9-11)18-3/h5,7-10,13,15H,4,6H2,1-3H3,(H,16,17). The molecule has 2 atom stereocenters. The summed E-state index contributed by atoms with van der Waals surface area (Å²) in [6, 6.07) is 6.74. The van der Waals surface area contributed by atoms with E-state index in [2.05, 4.69) is 12.2 Å². The van der Waals surface area contributed by atoms with Gasteiger partial charge >= 0.3 is 5.97 Å². The number of hydrogen-bond acceptors (Lipinski definition) is 3. The first kappa shape index (κ1) is 14.4. The zero-order valence-electron chi connectivity index (χ0n) is 11.1. The number of methoxy groups -OCH3 is 1. The maximum atomic E-state index is 11.3. The summed E-state index contributed by atoms with van der Waals surface area (Å²) >= 11 is 0. The second-order valence-corrected chi connectivity index (χ2v) is 4.46. The third kappa shape index (κ3) is 3.95. The topological polar surface area (TPSA) is 58.6 Å². The van der Waals surface area contributed by atoms with E-state index >= 15 is 0 Å². The van der Waals surface area contributed by atoms with Gasteiger partial charge in [0, 0.05) is 11.8 Å². The van der Waals surface area contributed by atoms with Gasteiger partial charge in [-0.15, -0.1) is 0 Å². The molecule has 2 N–H and O–H groups in total. The van der Waals surface area contributed by atoms with Gasteiger partial charge in [-0.25, -0.2) is 4.79 Å². The largest absolute Gasteiger partial charge is 0.497 e. The van der Waals surface area contributed by atoms with Crippen LogP contribution >= 0.6 is 0 Å². The smallest absolute Gasteiger partial charge is 0.326 e. The Morgan fingerprint density at radius 2 is 2.22 bits per heavy atom. The van der Waals surface area contributed by atoms with E-state index in [9.17, 15) is 9.90 Å². The Balaban J connectivity index is 2.79. The number of carbonyl (C=O) groups is 1. The lowest BCUT2D eigenvalue weighted by Crippen LogP contribution is -2.35. The van der Waals surface area contributed by atoms with Gasteiger partial charge < -0.3 is 15.2 Å². The quantitative estimate of drug-likeness (QED) is 0.782. The molecule has 0 saturated carbocycles. The van der Waals surface area contributed by atoms with Crippen molar-refractivity contribution in [2.24, 2.45) is 5.92 Å². The minimum atomic E-state index is -0.821. The average Bonchev–Trinajstić information content (AvgIpc) is 2.36. The van der Waals surface area contributed by atoms with Crippen molar-refractivity contribution in [3.05, 3.63) is 24.3 Å². The van der Waals surface area contributed by atoms with Crippen molar-refractivity contribution >= 4 is 11.7 Å². The molecule has 0 aliphatic carbocycles. The number of carboxylic acids is 1. The molecule has 0 fully saturated rings. The van der Waals surface area contributed by atoms with Crippen molar-refractivity contribution < 1.29 is 14.6 Å². The Kier molecular flexibility index (Phi) is 5.49. The van der Waals surface area contributed by atoms with E-state index in [1.165, 1.54) is 0 Å². The number of ether oxygens (including phenoxy) is 1. The maximum Gasteiger partial charge on any atom is 0.326 e. The lowest BCUT2D eigenvalue weighted by molar-refractivity contribution is -0.139. The van der Waals surface area contributed by atoms with Gasteiger partial charge in [0.25, 0.3) is 0 Å². The minimum Gasteiger partial charge on any atom is -0.497 e. The molecule has 0 amide bonds. The highest BCUT2D eigenvalue weighted by Crippen LogP contribution is 2.21. The highest BCUT2D eigenvalue weighted by molar-refractivity contribution is 5.77. The molecule has 4 nitrogen and oxygen atoms in total. The van der Waals surface area contributed by atoms with Crippen LogP contribution in [0.15, 0.2) is 24.3 Å². The fourth-order valence-electron chi connectivity index (χ4n) is 1.96. The maximum absolute atomic E-state index is 11.3. The third-order valence-electron chi connectivity index (χ3n) is 2.97. The summed E-state index contributed by atoms with van der Waals surface area (Å²) < 4.78 is 5.12. The van der Waals surface area contributed by atoms with Crippen molar-refractivity contribution in [2.45, 2.75) is 32.7 Å². The Morgan fingerprint density at radius 3 is 2.78 bits per heavy atom. The van der Waals surface area contributed by atoms with Crippen molar-refractivity contribution in [3.8, 4) is 5.75 Å². The second-order valence-electron chi connectivity index (χ2n) is 4.46. The molecule has 1 rings (SSSR count). The Hall–Kier alpha value is -1.71. The fraction of sp³-hybridized carbons (Fsp3) is 0.500. The fourth-order valence-corrected chi connectivity index (χ4v) is 1.96. The molecule has 0 saturated heterocycles. The number of rotatable bonds is 7. The van der Waals surface area contributed by atoms with E-state index < -0.39 is 12.0 Å². The molecule has 0 spiro atoms. The summed E-state index contributed by atoms with van der Waals surface area (Å²) in [5.41, 5.74) is 0.768. The molecule has 1 aromatic rings. The number of anilines is 1. The van der Waals surface area contributed by atoms with Crippen LogP contribution in [0, 0.1) is 5.92 Å². The monoisotopic (exact) mass is 251 g/mol. The van der Waals surface area contributed by atoms with Crippen molar-refractivity contribution in [1.29, 1.82) is 0 Å². The molecule has 0 aliphatic heterocycles. The van der Waals surface area contributed by atoms with Gasteiger partial charge in [0.1, 0.15) is 11.8 Å². The Morgan fingerprint density at radius 1 is 1.50 bits per heavy atom. The molecule has 2 unspecified atom stereocenters. The zero-order chi connectivity index (χ0) is 13.5. The predicted molar refractivity (Wildman–Crippen MR) is 72.1 cm³/mol. The van der Waals surface area contributed by atoms with Crippen LogP contribution in [0.2, 0.25) is 0 Å². The van der Waals surface area contributed by atoms with Crippen molar-refractivity contribution in [3.63, 3.8) is 0 Å². The van der Waals surface area contributed by atoms with Gasteiger partial charge in [-0.3, -0.25) is 0 Å². The average molecular weight is 251 g/mol. The molecular formula is C14H21NO3. The SMILES string of the molecule is CCCC(C)C(Nc1cccc(OC)c1)C(=O)O. The van der Waals surface area contributed by atoms with Gasteiger partial charge in [-0.1, -0.05) is 26.3 Å². The van der Waals surface area contributed by atoms with Crippen LogP contribution in [0.5, 0.6) is 5.75 Å². The minimum absolute atomic E-state index is 0.0821. The summed E-state index contributed by atoms with van der Waals surface area (Å²) in [6.07, 6.45) is 1.86. The van der Waals surface area contributed by atoms with E-state index in [0.717, 1.165) is 18.5 Å². The van der Waals surface area contributed by atoms with Crippen LogP contribution in [0.4, 0.5) is 5.69 Å². The van der Waals surface area contributed by atoms with Gasteiger partial charge in [0.2, 0.25) is 0 Å². The van der Waals surface area contributed by atoms with E-state index in [0.29, 0.717) is 5.75 Å². The van der Waals surface area contributed by atoms with E-state index in [-0.39, 0.29) is 5.92 Å². The van der Waals surface area contributed by atoms with E-state index in [1.807, 2.05) is 25.1 Å². The normalized spacial score (nSPS) is 13.7. The van der Waals surface area contributed by atoms with E-state index in [1.54, 1.807) is 13.2 Å². The third-order valence-corrected chi connectivity index (χ3v) is 2.97. The molecule has 0 aliphatic rings. The highest BCUT2D eigenvalue weighted by atomic mass is 16.5. The molecule has 0 heterocycles. The van der Waals surface area contributed by atoms with Gasteiger partial charge in [-0.05, 0) is 24.5 Å². The van der Waals surface area contributed by atoms with Crippen LogP contribution in [0.3, 0.4) is 0 Å². The number of nitrogens with one attached hydrogen (secondary N) is 1. The van der Waals surface area contributed by atoms with Crippen molar-refractivity contribution in [1.82, 2.24) is 0 Å². The lowest BCUT2D eigenvalue weighted by Gasteiger charge is -2.22. The lowest BCUT2D eigenvalue weighted by atomic mass is 9.96. The molecule has 18 heavy (non-hydrogen) atoms. The van der Waals surface area contributed by atoms with Gasteiger partial charge in [0.15, 0.2) is 0 Å². The molecule has 0 bridgehead atoms. The second kappa shape index (κ2) is 6.89. The number of aliphatic carboxylic acids is 1. The van der Waals surface area contributed by atoms with Crippen molar-refractivity contribution in [2.75, 3.05) is 12.4 Å². The van der Waals surface area contributed by atoms with Crippen LogP contribution in [-0.2, 0) is 4.79 Å². The van der Waals surface area contributed by atoms with Crippen LogP contribution in [0.25, 0.3) is 0 Å². The Labute approximate surface area is 108 Å². The molecule has 1 aromatic carbocycles. The zero-order valence-corrected chi connectivity index (χ0v) is 11.1. The van der Waals surface area contributed by atoms with Gasteiger partial charge in [-0.2, -0.15) is 0 Å². The number of hydrogen-bond donors (Lipinski definition) is 2. The first-order chi connectivity index (χ1) is 8.58. The molecular weight excluding hydrogens is 230 g/mol. The summed E-state index contributed by atoms with van der Waals surface area (Å²) in [7, 11) is 1.59. The first-order valence-corrected chi connectivity index (χ1v) is 6.21. The summed E-state index contributed by atoms with van der Waals surface area (Å²) in [4.78, 5) is 11.3. The number of benzene rings is 1. The summed E-state index contributed by atoms with van der Waals surface area (Å²) in [6.45, 7) is 4.01. The predicted octanol–water partition coefficient (Wildman–Crippen LogP) is 3.00. The van der Waals surface area contributed by atoms with Crippen LogP contribution in [-0.4, -0.2) is 24.2 Å². The first-order valence-electron chi connectivity index (χ1n) is 6.21. The molecule has 0 aromatic heterocycles. The highest BCUT2D eigenvalue weighted by Gasteiger charge is 2.23. The summed E-state index contributed by atoms with van der Waals surface area (Å²) in [5.74, 6) is -0.0234. The Bertz CT molecular complexity index is 392. The van der Waals surface area contributed by atoms with Crippen LogP contribution < -0.4 is 10.1 Å².